The minimum atomic E-state index is -0.132. The molecular weight excluding hydrogens is 382 g/mol. The highest BCUT2D eigenvalue weighted by molar-refractivity contribution is 7.99. The normalized spacial score (nSPS) is 13.9. The van der Waals surface area contributed by atoms with Gasteiger partial charge in [-0.15, -0.1) is 16.4 Å². The van der Waals surface area contributed by atoms with Crippen molar-refractivity contribution >= 4 is 46.3 Å². The molecule has 1 saturated heterocycles. The van der Waals surface area contributed by atoms with Crippen molar-refractivity contribution in [3.63, 3.8) is 0 Å². The van der Waals surface area contributed by atoms with Crippen molar-refractivity contribution in [2.24, 2.45) is 0 Å². The molecule has 2 amide bonds. The second-order valence-electron chi connectivity index (χ2n) is 5.98. The van der Waals surface area contributed by atoms with E-state index in [4.69, 9.17) is 0 Å². The summed E-state index contributed by atoms with van der Waals surface area (Å²) in [6.45, 7) is 0.755. The van der Waals surface area contributed by atoms with Gasteiger partial charge in [-0.3, -0.25) is 14.7 Å². The maximum Gasteiger partial charge on any atom is 0.234 e. The molecule has 9 heteroatoms. The van der Waals surface area contributed by atoms with Gasteiger partial charge in [-0.25, -0.2) is 4.98 Å². The molecule has 0 atom stereocenters. The fourth-order valence-corrected chi connectivity index (χ4v) is 4.07. The van der Waals surface area contributed by atoms with E-state index in [1.54, 1.807) is 16.2 Å². The largest absolute Gasteiger partial charge is 0.325 e. The number of anilines is 2. The first-order chi connectivity index (χ1) is 13.2. The zero-order valence-electron chi connectivity index (χ0n) is 14.3. The maximum absolute atomic E-state index is 12.2. The molecule has 0 aliphatic carbocycles. The molecule has 0 radical (unpaired) electrons. The second-order valence-corrected chi connectivity index (χ2v) is 7.87. The van der Waals surface area contributed by atoms with E-state index in [1.165, 1.54) is 11.8 Å². The molecule has 4 rings (SSSR count). The highest BCUT2D eigenvalue weighted by Gasteiger charge is 2.21. The lowest BCUT2D eigenvalue weighted by Crippen LogP contribution is -2.23. The number of nitrogens with zero attached hydrogens (tertiary/aromatic N) is 3. The van der Waals surface area contributed by atoms with Crippen LogP contribution in [-0.2, 0) is 9.59 Å². The Morgan fingerprint density at radius 1 is 1.30 bits per heavy atom. The molecular formula is C18H17N5O2S2. The average Bonchev–Trinajstić information content (AvgIpc) is 3.42. The number of hydrogen-bond donors (Lipinski definition) is 2. The molecule has 0 saturated carbocycles. The van der Waals surface area contributed by atoms with E-state index in [2.05, 4.69) is 20.5 Å². The van der Waals surface area contributed by atoms with Crippen LogP contribution in [0.2, 0.25) is 0 Å². The van der Waals surface area contributed by atoms with Crippen LogP contribution in [-0.4, -0.2) is 39.3 Å². The molecule has 0 unspecified atom stereocenters. The lowest BCUT2D eigenvalue weighted by molar-refractivity contribution is -0.117. The third kappa shape index (κ3) is 4.20. The lowest BCUT2D eigenvalue weighted by Gasteiger charge is -2.16. The number of rotatable bonds is 6. The fraction of sp³-hybridized carbons (Fsp3) is 0.222. The molecule has 3 heterocycles. The van der Waals surface area contributed by atoms with Gasteiger partial charge in [-0.1, -0.05) is 17.8 Å². The molecule has 27 heavy (non-hydrogen) atoms. The number of aromatic amines is 1. The first kappa shape index (κ1) is 17.7. The number of carbonyl (C=O) groups excluding carboxylic acids is 2. The summed E-state index contributed by atoms with van der Waals surface area (Å²) in [7, 11) is 0. The van der Waals surface area contributed by atoms with Gasteiger partial charge >= 0.3 is 0 Å². The van der Waals surface area contributed by atoms with E-state index in [9.17, 15) is 9.59 Å². The van der Waals surface area contributed by atoms with E-state index in [1.807, 2.05) is 41.8 Å². The van der Waals surface area contributed by atoms with Crippen LogP contribution in [0.5, 0.6) is 0 Å². The SMILES string of the molecule is O=C(CSc1n[nH]c(-c2cccs2)n1)Nc1ccc(N2CCCC2=O)cc1. The molecule has 3 aromatic rings. The van der Waals surface area contributed by atoms with Crippen molar-refractivity contribution in [3.8, 4) is 10.7 Å². The minimum Gasteiger partial charge on any atom is -0.325 e. The number of carbonyl (C=O) groups is 2. The van der Waals surface area contributed by atoms with Crippen LogP contribution in [0.1, 0.15) is 12.8 Å². The van der Waals surface area contributed by atoms with Crippen LogP contribution in [0.25, 0.3) is 10.7 Å². The van der Waals surface area contributed by atoms with E-state index >= 15 is 0 Å². The monoisotopic (exact) mass is 399 g/mol. The topological polar surface area (TPSA) is 91.0 Å². The van der Waals surface area contributed by atoms with E-state index in [-0.39, 0.29) is 17.6 Å². The van der Waals surface area contributed by atoms with Crippen LogP contribution >= 0.6 is 23.1 Å². The van der Waals surface area contributed by atoms with E-state index in [0.29, 0.717) is 23.1 Å². The first-order valence-electron chi connectivity index (χ1n) is 8.48. The number of thioether (sulfide) groups is 1. The highest BCUT2D eigenvalue weighted by atomic mass is 32.2. The summed E-state index contributed by atoms with van der Waals surface area (Å²) < 4.78 is 0. The number of benzene rings is 1. The second kappa shape index (κ2) is 7.93. The van der Waals surface area contributed by atoms with Gasteiger partial charge in [-0.05, 0) is 42.1 Å². The molecule has 1 aliphatic heterocycles. The summed E-state index contributed by atoms with van der Waals surface area (Å²) in [5.41, 5.74) is 1.57. The minimum absolute atomic E-state index is 0.132. The van der Waals surface area contributed by atoms with Crippen LogP contribution in [0, 0.1) is 0 Å². The molecule has 0 bridgehead atoms. The highest BCUT2D eigenvalue weighted by Crippen LogP contribution is 2.24. The van der Waals surface area contributed by atoms with E-state index in [0.717, 1.165) is 23.5 Å². The molecule has 1 aliphatic rings. The van der Waals surface area contributed by atoms with E-state index < -0.39 is 0 Å². The Morgan fingerprint density at radius 2 is 2.15 bits per heavy atom. The summed E-state index contributed by atoms with van der Waals surface area (Å²) in [6, 6.07) is 11.2. The Kier molecular flexibility index (Phi) is 5.21. The molecule has 0 spiro atoms. The van der Waals surface area contributed by atoms with Crippen molar-refractivity contribution < 1.29 is 9.59 Å². The van der Waals surface area contributed by atoms with Crippen LogP contribution in [0.15, 0.2) is 46.9 Å². The maximum atomic E-state index is 12.2. The van der Waals surface area contributed by atoms with Crippen molar-refractivity contribution in [2.45, 2.75) is 18.0 Å². The Hall–Kier alpha value is -2.65. The zero-order chi connectivity index (χ0) is 18.6. The Bertz CT molecular complexity index is 937. The predicted octanol–water partition coefficient (Wildman–Crippen LogP) is 3.39. The van der Waals surface area contributed by atoms with Gasteiger partial charge in [0.15, 0.2) is 5.82 Å². The third-order valence-electron chi connectivity index (χ3n) is 4.09. The summed E-state index contributed by atoms with van der Waals surface area (Å²) in [5.74, 6) is 0.942. The van der Waals surface area contributed by atoms with Gasteiger partial charge in [0.05, 0.1) is 10.6 Å². The van der Waals surface area contributed by atoms with Crippen molar-refractivity contribution in [3.05, 3.63) is 41.8 Å². The number of amides is 2. The Balaban J connectivity index is 1.30. The standard InChI is InChI=1S/C18H17N5O2S2/c24-15(11-27-18-20-17(21-22-18)14-3-2-10-26-14)19-12-5-7-13(8-6-12)23-9-1-4-16(23)25/h2-3,5-8,10H,1,4,9,11H2,(H,19,24)(H,20,21,22). The predicted molar refractivity (Wildman–Crippen MR) is 107 cm³/mol. The third-order valence-corrected chi connectivity index (χ3v) is 5.81. The van der Waals surface area contributed by atoms with Gasteiger partial charge in [0.1, 0.15) is 0 Å². The molecule has 2 N–H and O–H groups in total. The Labute approximate surface area is 164 Å². The summed E-state index contributed by atoms with van der Waals surface area (Å²) >= 11 is 2.85. The number of thiophene rings is 1. The van der Waals surface area contributed by atoms with Gasteiger partial charge in [0.25, 0.3) is 0 Å². The van der Waals surface area contributed by atoms with Gasteiger partial charge < -0.3 is 10.2 Å². The quantitative estimate of drug-likeness (QED) is 0.620. The van der Waals surface area contributed by atoms with Crippen molar-refractivity contribution in [1.29, 1.82) is 0 Å². The number of H-pyrrole nitrogens is 1. The number of nitrogens with one attached hydrogen (secondary N) is 2. The molecule has 7 nitrogen and oxygen atoms in total. The summed E-state index contributed by atoms with van der Waals surface area (Å²) in [5, 5.41) is 12.4. The lowest BCUT2D eigenvalue weighted by atomic mass is 10.2. The summed E-state index contributed by atoms with van der Waals surface area (Å²) in [6.07, 6.45) is 1.50. The van der Waals surface area contributed by atoms with Gasteiger partial charge in [0.2, 0.25) is 17.0 Å². The van der Waals surface area contributed by atoms with Crippen molar-refractivity contribution in [2.75, 3.05) is 22.5 Å². The Morgan fingerprint density at radius 3 is 2.85 bits per heavy atom. The average molecular weight is 400 g/mol. The first-order valence-corrected chi connectivity index (χ1v) is 10.3. The number of aromatic nitrogens is 3. The zero-order valence-corrected chi connectivity index (χ0v) is 16.0. The summed E-state index contributed by atoms with van der Waals surface area (Å²) in [4.78, 5) is 31.1. The van der Waals surface area contributed by atoms with Crippen LogP contribution in [0.3, 0.4) is 0 Å². The number of hydrogen-bond acceptors (Lipinski definition) is 6. The van der Waals surface area contributed by atoms with Crippen LogP contribution < -0.4 is 10.2 Å². The van der Waals surface area contributed by atoms with Gasteiger partial charge in [-0.2, -0.15) is 0 Å². The molecule has 1 aromatic carbocycles. The molecule has 138 valence electrons. The van der Waals surface area contributed by atoms with Crippen LogP contribution in [0.4, 0.5) is 11.4 Å². The smallest absolute Gasteiger partial charge is 0.234 e. The molecule has 2 aromatic heterocycles. The molecule has 1 fully saturated rings. The fourth-order valence-electron chi connectivity index (χ4n) is 2.81. The van der Waals surface area contributed by atoms with Gasteiger partial charge in [0, 0.05) is 24.3 Å². The van der Waals surface area contributed by atoms with Crippen molar-refractivity contribution in [1.82, 2.24) is 15.2 Å².